The molecule has 0 bridgehead atoms. The van der Waals surface area contributed by atoms with Crippen LogP contribution in [0.4, 0.5) is 5.69 Å². The molecule has 0 atom stereocenters. The van der Waals surface area contributed by atoms with Crippen molar-refractivity contribution in [3.63, 3.8) is 0 Å². The highest BCUT2D eigenvalue weighted by molar-refractivity contribution is 5.48. The minimum Gasteiger partial charge on any atom is -0.396 e. The zero-order valence-corrected chi connectivity index (χ0v) is 6.75. The molecule has 0 unspecified atom stereocenters. The van der Waals surface area contributed by atoms with Gasteiger partial charge in [-0.3, -0.25) is 0 Å². The summed E-state index contributed by atoms with van der Waals surface area (Å²) in [7, 11) is 0. The number of aromatic nitrogens is 4. The van der Waals surface area contributed by atoms with Crippen LogP contribution in [-0.2, 0) is 0 Å². The van der Waals surface area contributed by atoms with E-state index in [4.69, 9.17) is 5.73 Å². The molecule has 0 radical (unpaired) electrons. The van der Waals surface area contributed by atoms with Gasteiger partial charge in [0, 0.05) is 6.20 Å². The molecule has 0 saturated heterocycles. The summed E-state index contributed by atoms with van der Waals surface area (Å²) in [5, 5.41) is 0. The third-order valence-corrected chi connectivity index (χ3v) is 1.48. The Labute approximate surface area is 74.7 Å². The summed E-state index contributed by atoms with van der Waals surface area (Å²) in [5.41, 5.74) is 6.68. The van der Waals surface area contributed by atoms with Gasteiger partial charge in [-0.25, -0.2) is 19.9 Å². The highest BCUT2D eigenvalue weighted by atomic mass is 14.9. The van der Waals surface area contributed by atoms with E-state index in [1.165, 1.54) is 6.33 Å². The smallest absolute Gasteiger partial charge is 0.178 e. The van der Waals surface area contributed by atoms with Gasteiger partial charge in [-0.05, 0) is 6.07 Å². The predicted molar refractivity (Wildman–Crippen MR) is 47.5 cm³/mol. The molecule has 0 amide bonds. The van der Waals surface area contributed by atoms with E-state index in [1.807, 2.05) is 0 Å². The zero-order chi connectivity index (χ0) is 9.10. The van der Waals surface area contributed by atoms with Crippen molar-refractivity contribution in [3.8, 4) is 11.5 Å². The molecule has 2 rings (SSSR count). The lowest BCUT2D eigenvalue weighted by atomic mass is 10.4. The molecule has 5 nitrogen and oxygen atoms in total. The van der Waals surface area contributed by atoms with Crippen LogP contribution >= 0.6 is 0 Å². The number of hydrogen-bond donors (Lipinski definition) is 1. The second kappa shape index (κ2) is 3.14. The predicted octanol–water partition coefficient (Wildman–Crippen LogP) is 0.516. The second-order valence-electron chi connectivity index (χ2n) is 2.43. The molecular formula is C8H7N5. The van der Waals surface area contributed by atoms with Crippen molar-refractivity contribution >= 4 is 5.69 Å². The van der Waals surface area contributed by atoms with Crippen LogP contribution in [0.25, 0.3) is 11.5 Å². The summed E-state index contributed by atoms with van der Waals surface area (Å²) >= 11 is 0. The van der Waals surface area contributed by atoms with Crippen LogP contribution in [-0.4, -0.2) is 19.9 Å². The second-order valence-corrected chi connectivity index (χ2v) is 2.43. The van der Waals surface area contributed by atoms with Crippen molar-refractivity contribution in [2.45, 2.75) is 0 Å². The summed E-state index contributed by atoms with van der Waals surface area (Å²) in [6.45, 7) is 0. The first-order valence-electron chi connectivity index (χ1n) is 3.70. The van der Waals surface area contributed by atoms with Gasteiger partial charge in [-0.15, -0.1) is 0 Å². The van der Waals surface area contributed by atoms with Crippen molar-refractivity contribution in [3.05, 3.63) is 31.0 Å². The molecule has 64 valence electrons. The third-order valence-electron chi connectivity index (χ3n) is 1.48. The minimum absolute atomic E-state index is 0.540. The van der Waals surface area contributed by atoms with Crippen molar-refractivity contribution in [1.29, 1.82) is 0 Å². The van der Waals surface area contributed by atoms with Gasteiger partial charge in [0.1, 0.15) is 12.0 Å². The van der Waals surface area contributed by atoms with Crippen molar-refractivity contribution in [1.82, 2.24) is 19.9 Å². The van der Waals surface area contributed by atoms with E-state index in [-0.39, 0.29) is 0 Å². The molecule has 5 heteroatoms. The van der Waals surface area contributed by atoms with E-state index < -0.39 is 0 Å². The molecule has 2 N–H and O–H groups in total. The first-order valence-corrected chi connectivity index (χ1v) is 3.70. The lowest BCUT2D eigenvalue weighted by Gasteiger charge is -1.97. The highest BCUT2D eigenvalue weighted by Crippen LogP contribution is 2.09. The van der Waals surface area contributed by atoms with Crippen LogP contribution in [0.2, 0.25) is 0 Å². The number of rotatable bonds is 1. The average Bonchev–Trinajstić information content (AvgIpc) is 2.20. The van der Waals surface area contributed by atoms with Gasteiger partial charge in [0.25, 0.3) is 0 Å². The maximum absolute atomic E-state index is 5.45. The number of anilines is 1. The Morgan fingerprint density at radius 2 is 1.85 bits per heavy atom. The Kier molecular flexibility index (Phi) is 1.84. The summed E-state index contributed by atoms with van der Waals surface area (Å²) in [4.78, 5) is 15.8. The molecule has 0 aliphatic rings. The molecule has 0 aliphatic carbocycles. The van der Waals surface area contributed by atoms with E-state index in [0.29, 0.717) is 17.2 Å². The van der Waals surface area contributed by atoms with E-state index in [2.05, 4.69) is 19.9 Å². The summed E-state index contributed by atoms with van der Waals surface area (Å²) < 4.78 is 0. The largest absolute Gasteiger partial charge is 0.396 e. The van der Waals surface area contributed by atoms with Gasteiger partial charge < -0.3 is 5.73 Å². The fourth-order valence-corrected chi connectivity index (χ4v) is 0.893. The Hall–Kier alpha value is -2.04. The lowest BCUT2D eigenvalue weighted by molar-refractivity contribution is 1.10. The molecular weight excluding hydrogens is 166 g/mol. The number of nitrogens with zero attached hydrogens (tertiary/aromatic N) is 4. The van der Waals surface area contributed by atoms with Crippen LogP contribution < -0.4 is 5.73 Å². The van der Waals surface area contributed by atoms with Crippen LogP contribution in [0.15, 0.2) is 31.0 Å². The lowest BCUT2D eigenvalue weighted by Crippen LogP contribution is -1.93. The van der Waals surface area contributed by atoms with Crippen LogP contribution in [0.3, 0.4) is 0 Å². The molecule has 0 fully saturated rings. The highest BCUT2D eigenvalue weighted by Gasteiger charge is 1.99. The van der Waals surface area contributed by atoms with E-state index in [9.17, 15) is 0 Å². The monoisotopic (exact) mass is 173 g/mol. The standard InChI is InChI=1S/C8H7N5/c9-6-3-11-8(12-4-6)7-1-2-10-5-13-7/h1-5H,9H2. The van der Waals surface area contributed by atoms with Gasteiger partial charge >= 0.3 is 0 Å². The fourth-order valence-electron chi connectivity index (χ4n) is 0.893. The van der Waals surface area contributed by atoms with Gasteiger partial charge in [0.15, 0.2) is 5.82 Å². The molecule has 0 aliphatic heterocycles. The van der Waals surface area contributed by atoms with Crippen LogP contribution in [0, 0.1) is 0 Å². The summed E-state index contributed by atoms with van der Waals surface area (Å²) in [6, 6.07) is 1.74. The van der Waals surface area contributed by atoms with Gasteiger partial charge in [0.05, 0.1) is 18.1 Å². The number of hydrogen-bond acceptors (Lipinski definition) is 5. The Bertz CT molecular complexity index is 383. The minimum atomic E-state index is 0.540. The molecule has 13 heavy (non-hydrogen) atoms. The van der Waals surface area contributed by atoms with Crippen molar-refractivity contribution < 1.29 is 0 Å². The fraction of sp³-hybridized carbons (Fsp3) is 0. The first-order chi connectivity index (χ1) is 6.36. The van der Waals surface area contributed by atoms with Crippen molar-refractivity contribution in [2.24, 2.45) is 0 Å². The van der Waals surface area contributed by atoms with E-state index >= 15 is 0 Å². The molecule has 0 saturated carbocycles. The zero-order valence-electron chi connectivity index (χ0n) is 6.75. The van der Waals surface area contributed by atoms with Crippen LogP contribution in [0.5, 0.6) is 0 Å². The molecule has 0 spiro atoms. The van der Waals surface area contributed by atoms with E-state index in [1.54, 1.807) is 24.7 Å². The SMILES string of the molecule is Nc1cnc(-c2ccncn2)nc1. The Balaban J connectivity index is 2.42. The molecule has 0 aromatic carbocycles. The maximum atomic E-state index is 5.45. The number of nitrogen functional groups attached to an aromatic ring is 1. The normalized spacial score (nSPS) is 9.85. The summed E-state index contributed by atoms with van der Waals surface area (Å²) in [6.07, 6.45) is 6.19. The number of nitrogens with two attached hydrogens (primary N) is 1. The van der Waals surface area contributed by atoms with Gasteiger partial charge in [0.2, 0.25) is 0 Å². The average molecular weight is 173 g/mol. The molecule has 2 aromatic rings. The Morgan fingerprint density at radius 1 is 1.08 bits per heavy atom. The third kappa shape index (κ3) is 1.58. The molecule has 2 aromatic heterocycles. The summed E-state index contributed by atoms with van der Waals surface area (Å²) in [5.74, 6) is 0.552. The topological polar surface area (TPSA) is 77.6 Å². The Morgan fingerprint density at radius 3 is 2.46 bits per heavy atom. The van der Waals surface area contributed by atoms with E-state index in [0.717, 1.165) is 0 Å². The van der Waals surface area contributed by atoms with Gasteiger partial charge in [-0.1, -0.05) is 0 Å². The van der Waals surface area contributed by atoms with Crippen molar-refractivity contribution in [2.75, 3.05) is 5.73 Å². The molecule has 2 heterocycles. The quantitative estimate of drug-likeness (QED) is 0.680. The van der Waals surface area contributed by atoms with Crippen LogP contribution in [0.1, 0.15) is 0 Å². The maximum Gasteiger partial charge on any atom is 0.178 e. The van der Waals surface area contributed by atoms with Gasteiger partial charge in [-0.2, -0.15) is 0 Å². The first kappa shape index (κ1) is 7.60.